The van der Waals surface area contributed by atoms with Crippen molar-refractivity contribution >= 4 is 40.0 Å². The fourth-order valence-corrected chi connectivity index (χ4v) is 3.28. The monoisotopic (exact) mass is 415 g/mol. The Hall–Kier alpha value is -3.51. The summed E-state index contributed by atoms with van der Waals surface area (Å²) < 4.78 is 5.90. The quantitative estimate of drug-likeness (QED) is 0.416. The lowest BCUT2D eigenvalue weighted by molar-refractivity contribution is 0.0977. The maximum Gasteiger partial charge on any atom is 0.257 e. The number of benzene rings is 3. The van der Waals surface area contributed by atoms with Crippen molar-refractivity contribution in [2.24, 2.45) is 0 Å². The molecule has 5 nitrogen and oxygen atoms in total. The highest BCUT2D eigenvalue weighted by Gasteiger charge is 2.11. The number of thiocarbonyl (C=S) groups is 1. The van der Waals surface area contributed by atoms with Crippen molar-refractivity contribution in [1.82, 2.24) is 10.3 Å². The number of carbonyl (C=O) groups is 1. The molecule has 4 rings (SSSR count). The van der Waals surface area contributed by atoms with Crippen molar-refractivity contribution < 1.29 is 9.21 Å². The number of anilines is 1. The average Bonchev–Trinajstić information content (AvgIpc) is 3.17. The molecule has 150 valence electrons. The second-order valence-corrected chi connectivity index (χ2v) is 7.66. The zero-order valence-corrected chi connectivity index (χ0v) is 17.5. The summed E-state index contributed by atoms with van der Waals surface area (Å²) in [4.78, 5) is 16.8. The highest BCUT2D eigenvalue weighted by molar-refractivity contribution is 7.80. The fraction of sp³-hybridized carbons (Fsp3) is 0.125. The zero-order valence-electron chi connectivity index (χ0n) is 16.7. The minimum Gasteiger partial charge on any atom is -0.436 e. The molecule has 0 fully saturated rings. The first kappa shape index (κ1) is 19.8. The van der Waals surface area contributed by atoms with Gasteiger partial charge in [-0.1, -0.05) is 44.2 Å². The zero-order chi connectivity index (χ0) is 21.1. The van der Waals surface area contributed by atoms with Crippen LogP contribution in [0.1, 0.15) is 35.7 Å². The summed E-state index contributed by atoms with van der Waals surface area (Å²) in [6.45, 7) is 4.32. The number of carbonyl (C=O) groups excluding carboxylic acids is 1. The number of aromatic nitrogens is 1. The molecule has 4 aromatic rings. The molecule has 0 aliphatic heterocycles. The Kier molecular flexibility index (Phi) is 5.59. The minimum atomic E-state index is -0.261. The van der Waals surface area contributed by atoms with E-state index in [1.807, 2.05) is 36.4 Å². The lowest BCUT2D eigenvalue weighted by Gasteiger charge is -2.09. The lowest BCUT2D eigenvalue weighted by Crippen LogP contribution is -2.34. The van der Waals surface area contributed by atoms with Crippen molar-refractivity contribution in [3.8, 4) is 11.5 Å². The third kappa shape index (κ3) is 4.39. The maximum atomic E-state index is 12.2. The van der Waals surface area contributed by atoms with E-state index in [0.29, 0.717) is 28.5 Å². The largest absolute Gasteiger partial charge is 0.436 e. The summed E-state index contributed by atoms with van der Waals surface area (Å²) in [5.74, 6) is 0.780. The van der Waals surface area contributed by atoms with Gasteiger partial charge < -0.3 is 9.73 Å². The molecule has 0 saturated heterocycles. The summed E-state index contributed by atoms with van der Waals surface area (Å²) in [7, 11) is 0. The minimum absolute atomic E-state index is 0.219. The van der Waals surface area contributed by atoms with Crippen LogP contribution < -0.4 is 10.6 Å². The standard InChI is InChI=1S/C24H21N3O2S/c1-15(2)16-8-10-18(11-9-16)23-26-20-14-19(12-13-21(20)29-23)25-24(30)27-22(28)17-6-4-3-5-7-17/h3-15H,1-2H3,(H2,25,27,28,30). The molecule has 0 aliphatic rings. The third-order valence-electron chi connectivity index (χ3n) is 4.73. The highest BCUT2D eigenvalue weighted by atomic mass is 32.1. The van der Waals surface area contributed by atoms with Crippen molar-refractivity contribution in [1.29, 1.82) is 0 Å². The van der Waals surface area contributed by atoms with E-state index in [1.165, 1.54) is 5.56 Å². The smallest absolute Gasteiger partial charge is 0.257 e. The van der Waals surface area contributed by atoms with Gasteiger partial charge in [-0.05, 0) is 66.2 Å². The molecule has 1 aromatic heterocycles. The first-order chi connectivity index (χ1) is 14.5. The van der Waals surface area contributed by atoms with E-state index in [-0.39, 0.29) is 11.0 Å². The molecule has 0 atom stereocenters. The van der Waals surface area contributed by atoms with E-state index in [2.05, 4.69) is 41.6 Å². The second-order valence-electron chi connectivity index (χ2n) is 7.25. The molecule has 1 amide bonds. The van der Waals surface area contributed by atoms with Crippen LogP contribution in [0.15, 0.2) is 77.2 Å². The Labute approximate surface area is 180 Å². The Balaban J connectivity index is 1.48. The predicted octanol–water partition coefficient (Wildman–Crippen LogP) is 5.75. The van der Waals surface area contributed by atoms with Gasteiger partial charge in [0.2, 0.25) is 5.89 Å². The number of oxazole rings is 1. The molecule has 0 radical (unpaired) electrons. The van der Waals surface area contributed by atoms with Crippen LogP contribution >= 0.6 is 12.2 Å². The average molecular weight is 416 g/mol. The normalized spacial score (nSPS) is 10.9. The summed E-state index contributed by atoms with van der Waals surface area (Å²) in [5, 5.41) is 5.92. The van der Waals surface area contributed by atoms with Crippen LogP contribution in [0.25, 0.3) is 22.6 Å². The number of amides is 1. The van der Waals surface area contributed by atoms with Gasteiger partial charge in [0.1, 0.15) is 5.52 Å². The SMILES string of the molecule is CC(C)c1ccc(-c2nc3cc(NC(=S)NC(=O)c4ccccc4)ccc3o2)cc1. The van der Waals surface area contributed by atoms with Crippen LogP contribution in [0, 0.1) is 0 Å². The van der Waals surface area contributed by atoms with E-state index in [9.17, 15) is 4.79 Å². The van der Waals surface area contributed by atoms with E-state index in [1.54, 1.807) is 24.3 Å². The predicted molar refractivity (Wildman–Crippen MR) is 124 cm³/mol. The highest BCUT2D eigenvalue weighted by Crippen LogP contribution is 2.27. The van der Waals surface area contributed by atoms with Gasteiger partial charge in [-0.3, -0.25) is 10.1 Å². The summed E-state index contributed by atoms with van der Waals surface area (Å²) in [5.41, 5.74) is 4.85. The van der Waals surface area contributed by atoms with Gasteiger partial charge in [0, 0.05) is 16.8 Å². The van der Waals surface area contributed by atoms with Gasteiger partial charge in [-0.2, -0.15) is 0 Å². The molecule has 0 aliphatic carbocycles. The van der Waals surface area contributed by atoms with Crippen molar-refractivity contribution in [2.45, 2.75) is 19.8 Å². The van der Waals surface area contributed by atoms with E-state index in [4.69, 9.17) is 16.6 Å². The van der Waals surface area contributed by atoms with Crippen molar-refractivity contribution in [3.63, 3.8) is 0 Å². The Morgan fingerprint density at radius 1 is 1.00 bits per heavy atom. The Morgan fingerprint density at radius 2 is 1.73 bits per heavy atom. The molecule has 6 heteroatoms. The number of rotatable bonds is 4. The topological polar surface area (TPSA) is 67.2 Å². The van der Waals surface area contributed by atoms with Crippen molar-refractivity contribution in [3.05, 3.63) is 83.9 Å². The van der Waals surface area contributed by atoms with Gasteiger partial charge in [-0.25, -0.2) is 4.98 Å². The van der Waals surface area contributed by atoms with Gasteiger partial charge in [0.05, 0.1) is 0 Å². The molecular formula is C24H21N3O2S. The fourth-order valence-electron chi connectivity index (χ4n) is 3.07. The molecular weight excluding hydrogens is 394 g/mol. The van der Waals surface area contributed by atoms with E-state index in [0.717, 1.165) is 11.3 Å². The molecule has 0 spiro atoms. The van der Waals surface area contributed by atoms with Crippen LogP contribution in [0.2, 0.25) is 0 Å². The van der Waals surface area contributed by atoms with Gasteiger partial charge in [0.15, 0.2) is 10.7 Å². The Bertz CT molecular complexity index is 1200. The molecule has 3 aromatic carbocycles. The molecule has 30 heavy (non-hydrogen) atoms. The maximum absolute atomic E-state index is 12.2. The summed E-state index contributed by atoms with van der Waals surface area (Å²) in [6, 6.07) is 22.7. The first-order valence-electron chi connectivity index (χ1n) is 9.68. The van der Waals surface area contributed by atoms with Gasteiger partial charge >= 0.3 is 0 Å². The molecule has 2 N–H and O–H groups in total. The molecule has 0 saturated carbocycles. The summed E-state index contributed by atoms with van der Waals surface area (Å²) in [6.07, 6.45) is 0. The van der Waals surface area contributed by atoms with Crippen LogP contribution in [0.5, 0.6) is 0 Å². The van der Waals surface area contributed by atoms with Gasteiger partial charge in [-0.15, -0.1) is 0 Å². The number of fused-ring (bicyclic) bond motifs is 1. The first-order valence-corrected chi connectivity index (χ1v) is 10.1. The third-order valence-corrected chi connectivity index (χ3v) is 4.94. The van der Waals surface area contributed by atoms with Gasteiger partial charge in [0.25, 0.3) is 5.91 Å². The van der Waals surface area contributed by atoms with E-state index >= 15 is 0 Å². The van der Waals surface area contributed by atoms with Crippen LogP contribution in [-0.2, 0) is 0 Å². The molecule has 0 bridgehead atoms. The number of nitrogens with zero attached hydrogens (tertiary/aromatic N) is 1. The van der Waals surface area contributed by atoms with Crippen LogP contribution in [-0.4, -0.2) is 16.0 Å². The number of nitrogens with one attached hydrogen (secondary N) is 2. The van der Waals surface area contributed by atoms with E-state index < -0.39 is 0 Å². The molecule has 0 unspecified atom stereocenters. The second kappa shape index (κ2) is 8.47. The lowest BCUT2D eigenvalue weighted by atomic mass is 10.0. The Morgan fingerprint density at radius 3 is 2.43 bits per heavy atom. The van der Waals surface area contributed by atoms with Crippen LogP contribution in [0.4, 0.5) is 5.69 Å². The number of hydrogen-bond donors (Lipinski definition) is 2. The van der Waals surface area contributed by atoms with Crippen LogP contribution in [0.3, 0.4) is 0 Å². The molecule has 1 heterocycles. The summed E-state index contributed by atoms with van der Waals surface area (Å²) >= 11 is 5.26. The number of hydrogen-bond acceptors (Lipinski definition) is 4. The van der Waals surface area contributed by atoms with Crippen molar-refractivity contribution in [2.75, 3.05) is 5.32 Å².